The Balaban J connectivity index is 1.72. The standard InChI is InChI=1S/C20H21N3O4/c1-12-7-17(23(20(25)26)10-13-5-3-2-4-6-13)14-8-18-16(9-15(14)21-12)22-19(24)11-27-18/h2-6,8-9,12,17,21H,7,10-11H2,1H3,(H,22,24)(H,25,26). The lowest BCUT2D eigenvalue weighted by Crippen LogP contribution is -2.39. The summed E-state index contributed by atoms with van der Waals surface area (Å²) in [6.45, 7) is 2.29. The Morgan fingerprint density at radius 1 is 1.26 bits per heavy atom. The topological polar surface area (TPSA) is 90.9 Å². The third-order valence-electron chi connectivity index (χ3n) is 4.94. The van der Waals surface area contributed by atoms with Gasteiger partial charge in [0.05, 0.1) is 11.7 Å². The molecule has 7 nitrogen and oxygen atoms in total. The molecule has 0 aromatic heterocycles. The van der Waals surface area contributed by atoms with Crippen molar-refractivity contribution in [3.8, 4) is 5.75 Å². The first-order valence-corrected chi connectivity index (χ1v) is 8.92. The van der Waals surface area contributed by atoms with Gasteiger partial charge in [0.2, 0.25) is 0 Å². The summed E-state index contributed by atoms with van der Waals surface area (Å²) in [4.78, 5) is 25.1. The van der Waals surface area contributed by atoms with E-state index < -0.39 is 6.09 Å². The van der Waals surface area contributed by atoms with Crippen LogP contribution in [0.1, 0.15) is 30.5 Å². The van der Waals surface area contributed by atoms with Crippen LogP contribution in [0.25, 0.3) is 0 Å². The van der Waals surface area contributed by atoms with Crippen LogP contribution >= 0.6 is 0 Å². The molecular formula is C20H21N3O4. The van der Waals surface area contributed by atoms with Crippen molar-refractivity contribution in [2.75, 3.05) is 17.2 Å². The Labute approximate surface area is 156 Å². The van der Waals surface area contributed by atoms with Gasteiger partial charge >= 0.3 is 6.09 Å². The van der Waals surface area contributed by atoms with E-state index in [1.165, 1.54) is 4.90 Å². The molecule has 2 unspecified atom stereocenters. The second-order valence-electron chi connectivity index (χ2n) is 6.97. The van der Waals surface area contributed by atoms with E-state index >= 15 is 0 Å². The van der Waals surface area contributed by atoms with Gasteiger partial charge in [-0.3, -0.25) is 9.69 Å². The van der Waals surface area contributed by atoms with Crippen molar-refractivity contribution in [3.63, 3.8) is 0 Å². The lowest BCUT2D eigenvalue weighted by molar-refractivity contribution is -0.118. The Morgan fingerprint density at radius 2 is 2.04 bits per heavy atom. The zero-order valence-corrected chi connectivity index (χ0v) is 14.9. The number of nitrogens with one attached hydrogen (secondary N) is 2. The Bertz CT molecular complexity index is 884. The van der Waals surface area contributed by atoms with Gasteiger partial charge < -0.3 is 20.5 Å². The van der Waals surface area contributed by atoms with Crippen molar-refractivity contribution in [2.45, 2.75) is 32.0 Å². The van der Waals surface area contributed by atoms with Crippen molar-refractivity contribution >= 4 is 23.4 Å². The normalized spacial score (nSPS) is 20.4. The lowest BCUT2D eigenvalue weighted by atomic mass is 9.91. The summed E-state index contributed by atoms with van der Waals surface area (Å²) in [5.41, 5.74) is 3.23. The maximum Gasteiger partial charge on any atom is 0.408 e. The predicted octanol–water partition coefficient (Wildman–Crippen LogP) is 3.44. The molecule has 0 spiro atoms. The summed E-state index contributed by atoms with van der Waals surface area (Å²) in [6.07, 6.45) is -0.312. The van der Waals surface area contributed by atoms with Crippen LogP contribution < -0.4 is 15.4 Å². The van der Waals surface area contributed by atoms with Gasteiger partial charge in [-0.2, -0.15) is 0 Å². The van der Waals surface area contributed by atoms with E-state index in [4.69, 9.17) is 4.74 Å². The number of carbonyl (C=O) groups is 2. The monoisotopic (exact) mass is 367 g/mol. The summed E-state index contributed by atoms with van der Waals surface area (Å²) in [5.74, 6) is 0.374. The second-order valence-corrected chi connectivity index (χ2v) is 6.97. The van der Waals surface area contributed by atoms with Gasteiger partial charge in [-0.1, -0.05) is 30.3 Å². The first-order chi connectivity index (χ1) is 13.0. The van der Waals surface area contributed by atoms with Crippen LogP contribution in [0.4, 0.5) is 16.2 Å². The van der Waals surface area contributed by atoms with Crippen molar-refractivity contribution < 1.29 is 19.4 Å². The van der Waals surface area contributed by atoms with Crippen molar-refractivity contribution in [1.82, 2.24) is 4.90 Å². The van der Waals surface area contributed by atoms with E-state index in [1.807, 2.05) is 49.4 Å². The van der Waals surface area contributed by atoms with Crippen molar-refractivity contribution in [3.05, 3.63) is 53.6 Å². The molecule has 2 atom stereocenters. The fourth-order valence-electron chi connectivity index (χ4n) is 3.72. The van der Waals surface area contributed by atoms with E-state index in [9.17, 15) is 14.7 Å². The molecular weight excluding hydrogens is 346 g/mol. The summed E-state index contributed by atoms with van der Waals surface area (Å²) in [5, 5.41) is 16.1. The van der Waals surface area contributed by atoms with Gasteiger partial charge in [-0.25, -0.2) is 4.79 Å². The molecule has 7 heteroatoms. The molecule has 2 aromatic rings. The molecule has 27 heavy (non-hydrogen) atoms. The maximum atomic E-state index is 12.1. The van der Waals surface area contributed by atoms with Crippen LogP contribution in [0.3, 0.4) is 0 Å². The van der Waals surface area contributed by atoms with E-state index in [2.05, 4.69) is 10.6 Å². The highest BCUT2D eigenvalue weighted by molar-refractivity contribution is 5.96. The number of hydrogen-bond acceptors (Lipinski definition) is 4. The van der Waals surface area contributed by atoms with Gasteiger partial charge in [0, 0.05) is 23.8 Å². The molecule has 0 radical (unpaired) electrons. The smallest absolute Gasteiger partial charge is 0.408 e. The minimum atomic E-state index is -0.962. The number of carboxylic acid groups (broad SMARTS) is 1. The molecule has 0 saturated heterocycles. The fraction of sp³-hybridized carbons (Fsp3) is 0.300. The molecule has 3 N–H and O–H groups in total. The number of nitrogens with zero attached hydrogens (tertiary/aromatic N) is 1. The van der Waals surface area contributed by atoms with Crippen molar-refractivity contribution in [2.24, 2.45) is 0 Å². The highest BCUT2D eigenvalue weighted by atomic mass is 16.5. The van der Waals surface area contributed by atoms with Gasteiger partial charge in [-0.05, 0) is 31.0 Å². The quantitative estimate of drug-likeness (QED) is 0.773. The molecule has 2 amide bonds. The van der Waals surface area contributed by atoms with E-state index in [-0.39, 0.29) is 24.6 Å². The van der Waals surface area contributed by atoms with Crippen LogP contribution in [0.5, 0.6) is 5.75 Å². The number of fused-ring (bicyclic) bond motifs is 2. The van der Waals surface area contributed by atoms with Gasteiger partial charge in [-0.15, -0.1) is 0 Å². The number of amides is 2. The number of benzene rings is 2. The van der Waals surface area contributed by atoms with E-state index in [1.54, 1.807) is 0 Å². The molecule has 0 fully saturated rings. The first kappa shape index (κ1) is 17.2. The van der Waals surface area contributed by atoms with Crippen molar-refractivity contribution in [1.29, 1.82) is 0 Å². The number of hydrogen-bond donors (Lipinski definition) is 3. The zero-order valence-electron chi connectivity index (χ0n) is 14.9. The van der Waals surface area contributed by atoms with Crippen LogP contribution in [-0.4, -0.2) is 34.7 Å². The Morgan fingerprint density at radius 3 is 2.78 bits per heavy atom. The van der Waals surface area contributed by atoms with Crippen LogP contribution in [0.15, 0.2) is 42.5 Å². The Hall–Kier alpha value is -3.22. The third kappa shape index (κ3) is 3.40. The molecule has 0 saturated carbocycles. The maximum absolute atomic E-state index is 12.1. The molecule has 0 aliphatic carbocycles. The molecule has 2 heterocycles. The van der Waals surface area contributed by atoms with Gasteiger partial charge in [0.15, 0.2) is 6.61 Å². The first-order valence-electron chi connectivity index (χ1n) is 8.92. The minimum Gasteiger partial charge on any atom is -0.482 e. The highest BCUT2D eigenvalue weighted by Gasteiger charge is 2.34. The third-order valence-corrected chi connectivity index (χ3v) is 4.94. The predicted molar refractivity (Wildman–Crippen MR) is 101 cm³/mol. The number of rotatable bonds is 3. The van der Waals surface area contributed by atoms with Gasteiger partial charge in [0.25, 0.3) is 5.91 Å². The number of carbonyl (C=O) groups excluding carboxylic acids is 1. The molecule has 0 bridgehead atoms. The Kier molecular flexibility index (Phi) is 4.35. The average Bonchev–Trinajstić information content (AvgIpc) is 2.64. The highest BCUT2D eigenvalue weighted by Crippen LogP contribution is 2.43. The summed E-state index contributed by atoms with van der Waals surface area (Å²) in [7, 11) is 0. The number of ether oxygens (including phenoxy) is 1. The molecule has 140 valence electrons. The number of anilines is 2. The lowest BCUT2D eigenvalue weighted by Gasteiger charge is -2.38. The van der Waals surface area contributed by atoms with Crippen LogP contribution in [0.2, 0.25) is 0 Å². The molecule has 2 aromatic carbocycles. The van der Waals surface area contributed by atoms with Crippen LogP contribution in [-0.2, 0) is 11.3 Å². The molecule has 2 aliphatic heterocycles. The average molecular weight is 367 g/mol. The largest absolute Gasteiger partial charge is 0.482 e. The van der Waals surface area contributed by atoms with E-state index in [0.29, 0.717) is 24.4 Å². The second kappa shape index (κ2) is 6.83. The minimum absolute atomic E-state index is 0.0348. The summed E-state index contributed by atoms with van der Waals surface area (Å²) >= 11 is 0. The van der Waals surface area contributed by atoms with Gasteiger partial charge in [0.1, 0.15) is 5.75 Å². The van der Waals surface area contributed by atoms with Crippen LogP contribution in [0, 0.1) is 0 Å². The SMILES string of the molecule is CC1CC(N(Cc2ccccc2)C(=O)O)c2cc3c(cc2N1)NC(=O)CO3. The van der Waals surface area contributed by atoms with E-state index in [0.717, 1.165) is 16.8 Å². The summed E-state index contributed by atoms with van der Waals surface area (Å²) in [6, 6.07) is 13.0. The fourth-order valence-corrected chi connectivity index (χ4v) is 3.72. The molecule has 4 rings (SSSR count). The zero-order chi connectivity index (χ0) is 19.0. The summed E-state index contributed by atoms with van der Waals surface area (Å²) < 4.78 is 5.53. The molecule has 2 aliphatic rings.